The largest absolute Gasteiger partial charge is 0.481 e. The number of carboxylic acid groups (broad SMARTS) is 1. The Morgan fingerprint density at radius 1 is 1.26 bits per heavy atom. The summed E-state index contributed by atoms with van der Waals surface area (Å²) in [7, 11) is 0. The molecule has 19 heavy (non-hydrogen) atoms. The summed E-state index contributed by atoms with van der Waals surface area (Å²) in [6, 6.07) is 0. The Labute approximate surface area is 117 Å². The third kappa shape index (κ3) is 3.63. The van der Waals surface area contributed by atoms with Crippen LogP contribution in [0.5, 0.6) is 0 Å². The highest BCUT2D eigenvalue weighted by Gasteiger charge is 2.40. The van der Waals surface area contributed by atoms with E-state index in [0.29, 0.717) is 26.1 Å². The highest BCUT2D eigenvalue weighted by Crippen LogP contribution is 2.30. The van der Waals surface area contributed by atoms with Gasteiger partial charge in [-0.15, -0.1) is 0 Å². The van der Waals surface area contributed by atoms with Crippen LogP contribution in [0.25, 0.3) is 0 Å². The molecule has 0 bridgehead atoms. The number of ether oxygens (including phenoxy) is 1. The number of carboxylic acids is 1. The van der Waals surface area contributed by atoms with Crippen molar-refractivity contribution in [2.45, 2.75) is 25.7 Å². The van der Waals surface area contributed by atoms with Crippen molar-refractivity contribution in [1.82, 2.24) is 5.32 Å². The fraction of sp³-hybridized carbons (Fsp3) is 0.846. The molecule has 5 nitrogen and oxygen atoms in total. The van der Waals surface area contributed by atoms with Crippen LogP contribution >= 0.6 is 11.8 Å². The standard InChI is InChI=1S/C13H21NO4S/c15-11(10-1-7-19-8-2-10)14-9-13(12(16)17)3-5-18-6-4-13/h10H,1-9H2,(H,14,15)(H,16,17). The van der Waals surface area contributed by atoms with E-state index in [9.17, 15) is 14.7 Å². The molecule has 2 fully saturated rings. The maximum atomic E-state index is 12.1. The van der Waals surface area contributed by atoms with Gasteiger partial charge in [0.05, 0.1) is 5.41 Å². The summed E-state index contributed by atoms with van der Waals surface area (Å²) in [5, 5.41) is 12.3. The van der Waals surface area contributed by atoms with E-state index in [4.69, 9.17) is 4.74 Å². The quantitative estimate of drug-likeness (QED) is 0.810. The minimum absolute atomic E-state index is 0.0208. The molecule has 2 N–H and O–H groups in total. The van der Waals surface area contributed by atoms with Gasteiger partial charge in [-0.25, -0.2) is 0 Å². The number of thioether (sulfide) groups is 1. The first-order chi connectivity index (χ1) is 9.14. The van der Waals surface area contributed by atoms with Gasteiger partial charge in [0.25, 0.3) is 0 Å². The molecule has 0 saturated carbocycles. The van der Waals surface area contributed by atoms with Crippen molar-refractivity contribution < 1.29 is 19.4 Å². The first-order valence-corrected chi connectivity index (χ1v) is 7.96. The van der Waals surface area contributed by atoms with Crippen molar-refractivity contribution in [1.29, 1.82) is 0 Å². The fourth-order valence-electron chi connectivity index (χ4n) is 2.59. The van der Waals surface area contributed by atoms with Crippen LogP contribution in [-0.4, -0.2) is 48.2 Å². The lowest BCUT2D eigenvalue weighted by Gasteiger charge is -2.33. The summed E-state index contributed by atoms with van der Waals surface area (Å²) >= 11 is 1.88. The van der Waals surface area contributed by atoms with Crippen molar-refractivity contribution in [2.24, 2.45) is 11.3 Å². The van der Waals surface area contributed by atoms with Gasteiger partial charge < -0.3 is 15.2 Å². The second-order valence-electron chi connectivity index (χ2n) is 5.30. The van der Waals surface area contributed by atoms with Crippen LogP contribution in [0, 0.1) is 11.3 Å². The highest BCUT2D eigenvalue weighted by atomic mass is 32.2. The molecule has 0 unspecified atom stereocenters. The third-order valence-corrected chi connectivity index (χ3v) is 5.15. The average molecular weight is 287 g/mol. The fourth-order valence-corrected chi connectivity index (χ4v) is 3.70. The van der Waals surface area contributed by atoms with Gasteiger partial charge in [-0.05, 0) is 37.2 Å². The molecule has 2 rings (SSSR count). The van der Waals surface area contributed by atoms with E-state index in [2.05, 4.69) is 5.32 Å². The molecule has 2 saturated heterocycles. The molecule has 0 aromatic rings. The molecule has 2 heterocycles. The number of hydrogen-bond acceptors (Lipinski definition) is 4. The third-order valence-electron chi connectivity index (χ3n) is 4.10. The summed E-state index contributed by atoms with van der Waals surface area (Å²) in [5.74, 6) is 1.31. The van der Waals surface area contributed by atoms with Crippen LogP contribution in [0.4, 0.5) is 0 Å². The van der Waals surface area contributed by atoms with Gasteiger partial charge in [-0.3, -0.25) is 9.59 Å². The van der Waals surface area contributed by atoms with Crippen molar-refractivity contribution in [3.05, 3.63) is 0 Å². The lowest BCUT2D eigenvalue weighted by atomic mass is 9.80. The maximum Gasteiger partial charge on any atom is 0.311 e. The van der Waals surface area contributed by atoms with E-state index in [-0.39, 0.29) is 18.4 Å². The minimum atomic E-state index is -0.836. The molecule has 0 radical (unpaired) electrons. The predicted octanol–water partition coefficient (Wildman–Crippen LogP) is 1.13. The SMILES string of the molecule is O=C(NCC1(C(=O)O)CCOCC1)C1CCSCC1. The number of rotatable bonds is 4. The average Bonchev–Trinajstić information content (AvgIpc) is 2.46. The van der Waals surface area contributed by atoms with Crippen LogP contribution in [0.15, 0.2) is 0 Å². The van der Waals surface area contributed by atoms with Crippen molar-refractivity contribution in [3.63, 3.8) is 0 Å². The van der Waals surface area contributed by atoms with Crippen molar-refractivity contribution in [2.75, 3.05) is 31.3 Å². The summed E-state index contributed by atoms with van der Waals surface area (Å²) in [4.78, 5) is 23.5. The Morgan fingerprint density at radius 3 is 2.47 bits per heavy atom. The smallest absolute Gasteiger partial charge is 0.311 e. The summed E-state index contributed by atoms with van der Waals surface area (Å²) in [5.41, 5.74) is -0.836. The van der Waals surface area contributed by atoms with Gasteiger partial charge in [0.1, 0.15) is 0 Å². The molecule has 1 amide bonds. The van der Waals surface area contributed by atoms with Crippen LogP contribution < -0.4 is 5.32 Å². The van der Waals surface area contributed by atoms with E-state index in [1.807, 2.05) is 11.8 Å². The van der Waals surface area contributed by atoms with Crippen molar-refractivity contribution in [3.8, 4) is 0 Å². The van der Waals surface area contributed by atoms with E-state index >= 15 is 0 Å². The molecular formula is C13H21NO4S. The second-order valence-corrected chi connectivity index (χ2v) is 6.53. The number of amides is 1. The monoisotopic (exact) mass is 287 g/mol. The Hall–Kier alpha value is -0.750. The number of carbonyl (C=O) groups excluding carboxylic acids is 1. The molecule has 2 aliphatic heterocycles. The zero-order chi connectivity index (χ0) is 13.7. The van der Waals surface area contributed by atoms with Crippen LogP contribution in [0.2, 0.25) is 0 Å². The van der Waals surface area contributed by atoms with Gasteiger partial charge in [-0.2, -0.15) is 11.8 Å². The Kier molecular flexibility index (Phi) is 5.10. The lowest BCUT2D eigenvalue weighted by Crippen LogP contribution is -2.48. The van der Waals surface area contributed by atoms with Gasteiger partial charge in [0.15, 0.2) is 0 Å². The van der Waals surface area contributed by atoms with E-state index in [1.165, 1.54) is 0 Å². The van der Waals surface area contributed by atoms with Gasteiger partial charge in [-0.1, -0.05) is 0 Å². The topological polar surface area (TPSA) is 75.6 Å². The zero-order valence-corrected chi connectivity index (χ0v) is 11.8. The van der Waals surface area contributed by atoms with Gasteiger partial charge in [0, 0.05) is 25.7 Å². The molecule has 0 aromatic carbocycles. The number of hydrogen-bond donors (Lipinski definition) is 2. The predicted molar refractivity (Wildman–Crippen MR) is 73.2 cm³/mol. The normalized spacial score (nSPS) is 23.8. The van der Waals surface area contributed by atoms with Crippen LogP contribution in [0.1, 0.15) is 25.7 Å². The zero-order valence-electron chi connectivity index (χ0n) is 11.0. The van der Waals surface area contributed by atoms with E-state index in [1.54, 1.807) is 0 Å². The number of nitrogens with one attached hydrogen (secondary N) is 1. The number of aliphatic carboxylic acids is 1. The molecule has 6 heteroatoms. The lowest BCUT2D eigenvalue weighted by molar-refractivity contribution is -0.154. The van der Waals surface area contributed by atoms with Gasteiger partial charge in [0.2, 0.25) is 5.91 Å². The number of carbonyl (C=O) groups is 2. The molecule has 0 aromatic heterocycles. The maximum absolute atomic E-state index is 12.1. The minimum Gasteiger partial charge on any atom is -0.481 e. The highest BCUT2D eigenvalue weighted by molar-refractivity contribution is 7.99. The van der Waals surface area contributed by atoms with E-state index < -0.39 is 11.4 Å². The molecule has 0 spiro atoms. The van der Waals surface area contributed by atoms with Crippen LogP contribution in [0.3, 0.4) is 0 Å². The second kappa shape index (κ2) is 6.61. The Balaban J connectivity index is 1.87. The molecule has 108 valence electrons. The molecular weight excluding hydrogens is 266 g/mol. The Bertz CT molecular complexity index is 336. The van der Waals surface area contributed by atoms with Gasteiger partial charge >= 0.3 is 5.97 Å². The molecule has 0 atom stereocenters. The first-order valence-electron chi connectivity index (χ1n) is 6.81. The Morgan fingerprint density at radius 2 is 1.89 bits per heavy atom. The molecule has 2 aliphatic rings. The van der Waals surface area contributed by atoms with Crippen molar-refractivity contribution >= 4 is 23.6 Å². The summed E-state index contributed by atoms with van der Waals surface area (Å²) < 4.78 is 5.22. The summed E-state index contributed by atoms with van der Waals surface area (Å²) in [6.45, 7) is 1.15. The summed E-state index contributed by atoms with van der Waals surface area (Å²) in [6.07, 6.45) is 2.76. The van der Waals surface area contributed by atoms with E-state index in [0.717, 1.165) is 24.3 Å². The first kappa shape index (κ1) is 14.7. The molecule has 0 aliphatic carbocycles. The van der Waals surface area contributed by atoms with Crippen LogP contribution in [-0.2, 0) is 14.3 Å².